The van der Waals surface area contributed by atoms with Gasteiger partial charge in [0.25, 0.3) is 0 Å². The molecule has 1 aliphatic heterocycles. The van der Waals surface area contributed by atoms with Crippen molar-refractivity contribution in [1.29, 1.82) is 0 Å². The summed E-state index contributed by atoms with van der Waals surface area (Å²) in [4.78, 5) is 24.6. The average Bonchev–Trinajstić information content (AvgIpc) is 3.04. The van der Waals surface area contributed by atoms with Crippen molar-refractivity contribution in [2.75, 3.05) is 11.1 Å². The van der Waals surface area contributed by atoms with E-state index in [0.717, 1.165) is 27.1 Å². The van der Waals surface area contributed by atoms with Crippen LogP contribution in [0.1, 0.15) is 51.9 Å². The van der Waals surface area contributed by atoms with Crippen LogP contribution in [-0.4, -0.2) is 34.1 Å². The number of amides is 2. The first-order chi connectivity index (χ1) is 20.9. The fourth-order valence-electron chi connectivity index (χ4n) is 4.86. The molecule has 4 aromatic carbocycles. The first kappa shape index (κ1) is 30.3. The van der Waals surface area contributed by atoms with Crippen LogP contribution in [0, 0.1) is 5.92 Å². The Balaban J connectivity index is 1.28. The van der Waals surface area contributed by atoms with Crippen LogP contribution < -0.4 is 10.6 Å². The normalized spacial score (nSPS) is 19.9. The molecule has 0 aromatic heterocycles. The van der Waals surface area contributed by atoms with E-state index < -0.39 is 12.3 Å². The molecule has 0 saturated carbocycles. The van der Waals surface area contributed by atoms with Gasteiger partial charge in [-0.05, 0) is 53.1 Å². The number of aliphatic hydroxyl groups is 1. The smallest absolute Gasteiger partial charge is 0.335 e. The van der Waals surface area contributed by atoms with E-state index in [4.69, 9.17) is 9.47 Å². The minimum absolute atomic E-state index is 0.0104. The monoisotopic (exact) mass is 598 g/mol. The lowest BCUT2D eigenvalue weighted by Crippen LogP contribution is -2.38. The third-order valence-electron chi connectivity index (χ3n) is 7.38. The van der Waals surface area contributed by atoms with Gasteiger partial charge in [0.05, 0.1) is 24.4 Å². The van der Waals surface area contributed by atoms with Crippen molar-refractivity contribution in [2.45, 2.75) is 43.5 Å². The molecule has 1 saturated heterocycles. The maximum Gasteiger partial charge on any atom is 0.335 e. The summed E-state index contributed by atoms with van der Waals surface area (Å²) in [6.45, 7) is 2.49. The standard InChI is InChI=1S/C34H34N2O6S/c1-22-30(21-43-29-17-13-26(14-18-29)32(38)39)41-33(42-31(22)25-9-7-24(20-37)8-10-25)27-11-15-28(16-12-27)36-34(40)35-19-23-5-3-2-4-6-23/h2-18,22,30-31,33,37H,19-21H2,1H3,(H,38,39)(H2,35,36,40)/t22-,30+,31+,33+/m1/s1. The number of urea groups is 1. The predicted molar refractivity (Wildman–Crippen MR) is 166 cm³/mol. The number of ether oxygens (including phenoxy) is 2. The molecule has 0 unspecified atom stereocenters. The van der Waals surface area contributed by atoms with E-state index in [1.807, 2.05) is 91.0 Å². The molecule has 2 amide bonds. The molecule has 0 aliphatic carbocycles. The Bertz CT molecular complexity index is 1500. The van der Waals surface area contributed by atoms with E-state index in [2.05, 4.69) is 17.6 Å². The fourth-order valence-corrected chi connectivity index (χ4v) is 5.93. The number of carboxylic acid groups (broad SMARTS) is 1. The summed E-state index contributed by atoms with van der Waals surface area (Å²) in [5, 5.41) is 24.4. The Morgan fingerprint density at radius 2 is 1.49 bits per heavy atom. The lowest BCUT2D eigenvalue weighted by atomic mass is 9.91. The second kappa shape index (κ2) is 14.3. The van der Waals surface area contributed by atoms with Gasteiger partial charge >= 0.3 is 12.0 Å². The summed E-state index contributed by atoms with van der Waals surface area (Å²) in [6.07, 6.45) is -1.07. The molecule has 0 bridgehead atoms. The highest BCUT2D eigenvalue weighted by molar-refractivity contribution is 7.99. The molecule has 43 heavy (non-hydrogen) atoms. The molecule has 0 spiro atoms. The van der Waals surface area contributed by atoms with Crippen molar-refractivity contribution < 1.29 is 29.3 Å². The predicted octanol–water partition coefficient (Wildman–Crippen LogP) is 6.78. The van der Waals surface area contributed by atoms with E-state index in [9.17, 15) is 19.8 Å². The Hall–Kier alpha value is -4.15. The van der Waals surface area contributed by atoms with Gasteiger partial charge in [-0.15, -0.1) is 11.8 Å². The van der Waals surface area contributed by atoms with Crippen LogP contribution in [0.4, 0.5) is 10.5 Å². The van der Waals surface area contributed by atoms with E-state index in [1.54, 1.807) is 23.9 Å². The molecule has 1 aliphatic rings. The minimum Gasteiger partial charge on any atom is -0.478 e. The highest BCUT2D eigenvalue weighted by Crippen LogP contribution is 2.43. The number of nitrogens with one attached hydrogen (secondary N) is 2. The van der Waals surface area contributed by atoms with E-state index in [-0.39, 0.29) is 36.3 Å². The summed E-state index contributed by atoms with van der Waals surface area (Å²) in [5.74, 6) is -0.305. The Morgan fingerprint density at radius 1 is 0.814 bits per heavy atom. The van der Waals surface area contributed by atoms with Crippen molar-refractivity contribution in [2.24, 2.45) is 5.92 Å². The van der Waals surface area contributed by atoms with Crippen LogP contribution in [0.25, 0.3) is 0 Å². The van der Waals surface area contributed by atoms with Gasteiger partial charge in [-0.25, -0.2) is 9.59 Å². The third kappa shape index (κ3) is 8.03. The molecule has 9 heteroatoms. The van der Waals surface area contributed by atoms with Crippen molar-refractivity contribution in [3.05, 3.63) is 131 Å². The van der Waals surface area contributed by atoms with E-state index >= 15 is 0 Å². The lowest BCUT2D eigenvalue weighted by molar-refractivity contribution is -0.268. The van der Waals surface area contributed by atoms with Crippen LogP contribution in [0.3, 0.4) is 0 Å². The van der Waals surface area contributed by atoms with Crippen molar-refractivity contribution in [3.63, 3.8) is 0 Å². The van der Waals surface area contributed by atoms with Gasteiger partial charge in [0, 0.05) is 34.4 Å². The van der Waals surface area contributed by atoms with Crippen molar-refractivity contribution >= 4 is 29.4 Å². The van der Waals surface area contributed by atoms with Gasteiger partial charge in [-0.3, -0.25) is 0 Å². The largest absolute Gasteiger partial charge is 0.478 e. The molecule has 5 rings (SSSR count). The summed E-state index contributed by atoms with van der Waals surface area (Å²) in [6, 6.07) is 31.4. The molecule has 1 fully saturated rings. The molecular weight excluding hydrogens is 564 g/mol. The van der Waals surface area contributed by atoms with Crippen molar-refractivity contribution in [3.8, 4) is 0 Å². The summed E-state index contributed by atoms with van der Waals surface area (Å²) in [5.41, 5.74) is 4.55. The summed E-state index contributed by atoms with van der Waals surface area (Å²) < 4.78 is 13.0. The van der Waals surface area contributed by atoms with E-state index in [1.165, 1.54) is 0 Å². The third-order valence-corrected chi connectivity index (χ3v) is 8.48. The number of hydrogen-bond acceptors (Lipinski definition) is 6. The number of aromatic carboxylic acids is 1. The fraction of sp³-hybridized carbons (Fsp3) is 0.235. The Labute approximate surface area is 255 Å². The SMILES string of the molecule is C[C@@H]1[C@H](CSc2ccc(C(=O)O)cc2)O[C@H](c2ccc(NC(=O)NCc3ccccc3)cc2)O[C@@H]1c1ccc(CO)cc1. The minimum atomic E-state index is -0.954. The Morgan fingerprint density at radius 3 is 2.14 bits per heavy atom. The second-order valence-electron chi connectivity index (χ2n) is 10.4. The van der Waals surface area contributed by atoms with Crippen LogP contribution in [0.5, 0.6) is 0 Å². The second-order valence-corrected chi connectivity index (χ2v) is 11.5. The maximum absolute atomic E-state index is 12.4. The van der Waals surface area contributed by atoms with E-state index in [0.29, 0.717) is 18.0 Å². The van der Waals surface area contributed by atoms with Gasteiger partial charge < -0.3 is 30.3 Å². The molecule has 4 aromatic rings. The number of aliphatic hydroxyl groups excluding tert-OH is 1. The average molecular weight is 599 g/mol. The number of benzene rings is 4. The zero-order valence-corrected chi connectivity index (χ0v) is 24.5. The van der Waals surface area contributed by atoms with Gasteiger partial charge in [-0.2, -0.15) is 0 Å². The van der Waals surface area contributed by atoms with Crippen LogP contribution in [-0.2, 0) is 22.6 Å². The molecule has 1 heterocycles. The number of thioether (sulfide) groups is 1. The molecule has 8 nitrogen and oxygen atoms in total. The first-order valence-electron chi connectivity index (χ1n) is 14.0. The molecule has 0 radical (unpaired) electrons. The quantitative estimate of drug-likeness (QED) is 0.149. The number of carboxylic acids is 1. The topological polar surface area (TPSA) is 117 Å². The number of anilines is 1. The van der Waals surface area contributed by atoms with Gasteiger partial charge in [-0.1, -0.05) is 73.7 Å². The molecule has 4 N–H and O–H groups in total. The number of carbonyl (C=O) groups excluding carboxylic acids is 1. The highest BCUT2D eigenvalue weighted by Gasteiger charge is 2.38. The zero-order chi connectivity index (χ0) is 30.2. The van der Waals surface area contributed by atoms with Gasteiger partial charge in [0.1, 0.15) is 0 Å². The summed E-state index contributed by atoms with van der Waals surface area (Å²) >= 11 is 1.60. The zero-order valence-electron chi connectivity index (χ0n) is 23.7. The van der Waals surface area contributed by atoms with Gasteiger partial charge in [0.15, 0.2) is 6.29 Å². The van der Waals surface area contributed by atoms with Crippen LogP contribution >= 0.6 is 11.8 Å². The number of rotatable bonds is 10. The van der Waals surface area contributed by atoms with Crippen LogP contribution in [0.2, 0.25) is 0 Å². The molecule has 4 atom stereocenters. The molecular formula is C34H34N2O6S. The molecule has 222 valence electrons. The lowest BCUT2D eigenvalue weighted by Gasteiger charge is -2.41. The van der Waals surface area contributed by atoms with Gasteiger partial charge in [0.2, 0.25) is 0 Å². The van der Waals surface area contributed by atoms with Crippen molar-refractivity contribution in [1.82, 2.24) is 5.32 Å². The highest BCUT2D eigenvalue weighted by atomic mass is 32.2. The number of hydrogen-bond donors (Lipinski definition) is 4. The summed E-state index contributed by atoms with van der Waals surface area (Å²) in [7, 11) is 0. The van der Waals surface area contributed by atoms with Crippen LogP contribution in [0.15, 0.2) is 108 Å². The Kier molecular flexibility index (Phi) is 10.1. The number of carbonyl (C=O) groups is 2. The maximum atomic E-state index is 12.4. The first-order valence-corrected chi connectivity index (χ1v) is 15.0.